The number of hydrogen-bond acceptors (Lipinski definition) is 7. The van der Waals surface area contributed by atoms with Crippen molar-refractivity contribution in [1.82, 2.24) is 25.2 Å². The van der Waals surface area contributed by atoms with Gasteiger partial charge < -0.3 is 19.9 Å². The highest BCUT2D eigenvalue weighted by molar-refractivity contribution is 5.81. The monoisotopic (exact) mass is 452 g/mol. The molecule has 1 amide bonds. The normalized spacial score (nSPS) is 13.2. The number of amides is 1. The van der Waals surface area contributed by atoms with E-state index in [9.17, 15) is 18.0 Å². The fraction of sp³-hybridized carbons (Fsp3) is 0.524. The van der Waals surface area contributed by atoms with E-state index in [1.54, 1.807) is 30.3 Å². The molecule has 0 spiro atoms. The Hall–Kier alpha value is -2.95. The molecule has 1 aliphatic carbocycles. The van der Waals surface area contributed by atoms with Crippen LogP contribution >= 0.6 is 0 Å². The van der Waals surface area contributed by atoms with Gasteiger partial charge in [0, 0.05) is 37.1 Å². The van der Waals surface area contributed by atoms with Crippen LogP contribution in [-0.2, 0) is 17.6 Å². The van der Waals surface area contributed by atoms with E-state index in [4.69, 9.17) is 4.74 Å². The molecule has 32 heavy (non-hydrogen) atoms. The molecule has 0 saturated heterocycles. The average Bonchev–Trinajstić information content (AvgIpc) is 3.19. The summed E-state index contributed by atoms with van der Waals surface area (Å²) in [5, 5.41) is 1.89. The number of halogens is 3. The van der Waals surface area contributed by atoms with Gasteiger partial charge in [-0.25, -0.2) is 9.97 Å². The average molecular weight is 452 g/mol. The second-order valence-corrected chi connectivity index (χ2v) is 7.93. The number of carbonyl (C=O) groups excluding carboxylic acids is 1. The van der Waals surface area contributed by atoms with Crippen molar-refractivity contribution in [3.05, 3.63) is 29.6 Å². The lowest BCUT2D eigenvalue weighted by molar-refractivity contribution is -0.137. The highest BCUT2D eigenvalue weighted by Gasteiger charge is 2.28. The third-order valence-electron chi connectivity index (χ3n) is 4.91. The number of ether oxygens (including phenoxy) is 1. The van der Waals surface area contributed by atoms with Gasteiger partial charge in [-0.15, -0.1) is 0 Å². The van der Waals surface area contributed by atoms with Crippen LogP contribution < -0.4 is 15.0 Å². The van der Waals surface area contributed by atoms with Gasteiger partial charge in [0.25, 0.3) is 0 Å². The minimum Gasteiger partial charge on any atom is -0.492 e. The molecule has 0 radical (unpaired) electrons. The first kappa shape index (κ1) is 23.7. The van der Waals surface area contributed by atoms with Crippen LogP contribution in [0.15, 0.2) is 18.3 Å². The molecule has 2 aromatic rings. The van der Waals surface area contributed by atoms with Crippen LogP contribution in [0.4, 0.5) is 19.0 Å². The van der Waals surface area contributed by atoms with Crippen LogP contribution in [-0.4, -0.2) is 79.3 Å². The van der Waals surface area contributed by atoms with Gasteiger partial charge in [0.05, 0.1) is 6.54 Å². The number of likely N-dealkylation sites (N-methyl/N-ethyl adjacent to an activating group) is 2. The fourth-order valence-corrected chi connectivity index (χ4v) is 3.36. The molecule has 0 aromatic carbocycles. The van der Waals surface area contributed by atoms with Crippen molar-refractivity contribution >= 4 is 11.7 Å². The number of anilines is 1. The second-order valence-electron chi connectivity index (χ2n) is 7.93. The van der Waals surface area contributed by atoms with E-state index < -0.39 is 18.6 Å². The third-order valence-corrected chi connectivity index (χ3v) is 4.91. The van der Waals surface area contributed by atoms with Crippen LogP contribution in [0.5, 0.6) is 5.75 Å². The minimum absolute atomic E-state index is 0.250. The van der Waals surface area contributed by atoms with E-state index in [1.165, 1.54) is 0 Å². The lowest BCUT2D eigenvalue weighted by Crippen LogP contribution is -2.40. The Morgan fingerprint density at radius 3 is 2.72 bits per heavy atom. The molecule has 0 fully saturated rings. The van der Waals surface area contributed by atoms with Crippen molar-refractivity contribution in [2.45, 2.75) is 25.4 Å². The molecule has 2 aromatic heterocycles. The quantitative estimate of drug-likeness (QED) is 0.624. The van der Waals surface area contributed by atoms with Crippen LogP contribution in [0.25, 0.3) is 11.5 Å². The Balaban J connectivity index is 1.80. The summed E-state index contributed by atoms with van der Waals surface area (Å²) in [5.74, 6) is 0.833. The van der Waals surface area contributed by atoms with Crippen LogP contribution in [0, 0.1) is 0 Å². The summed E-state index contributed by atoms with van der Waals surface area (Å²) in [4.78, 5) is 29.2. The molecular formula is C21H27F3N6O2. The summed E-state index contributed by atoms with van der Waals surface area (Å²) in [6.07, 6.45) is -0.422. The van der Waals surface area contributed by atoms with Gasteiger partial charge in [0.1, 0.15) is 30.4 Å². The highest BCUT2D eigenvalue weighted by atomic mass is 19.4. The SMILES string of the molecule is CN(C)CCOc1ccnc(-c2nc3c(c(N(C)CC(=O)NCC(F)(F)F)n2)CCC3)c1. The number of alkyl halides is 3. The summed E-state index contributed by atoms with van der Waals surface area (Å²) in [7, 11) is 5.55. The molecule has 0 unspecified atom stereocenters. The Morgan fingerprint density at radius 1 is 1.22 bits per heavy atom. The van der Waals surface area contributed by atoms with Crippen molar-refractivity contribution < 1.29 is 22.7 Å². The van der Waals surface area contributed by atoms with Crippen molar-refractivity contribution in [3.63, 3.8) is 0 Å². The van der Waals surface area contributed by atoms with Gasteiger partial charge in [-0.1, -0.05) is 0 Å². The van der Waals surface area contributed by atoms with E-state index in [0.717, 1.165) is 37.1 Å². The topological polar surface area (TPSA) is 83.5 Å². The molecular weight excluding hydrogens is 425 g/mol. The number of carbonyl (C=O) groups is 1. The molecule has 11 heteroatoms. The van der Waals surface area contributed by atoms with Crippen molar-refractivity contribution in [2.75, 3.05) is 52.3 Å². The zero-order chi connectivity index (χ0) is 23.3. The fourth-order valence-electron chi connectivity index (χ4n) is 3.36. The molecule has 1 aliphatic rings. The second kappa shape index (κ2) is 10.1. The van der Waals surface area contributed by atoms with E-state index in [-0.39, 0.29) is 6.54 Å². The zero-order valence-electron chi connectivity index (χ0n) is 18.4. The zero-order valence-corrected chi connectivity index (χ0v) is 18.4. The molecule has 8 nitrogen and oxygen atoms in total. The standard InChI is InChI=1S/C21H27F3N6O2/c1-29(2)9-10-32-14-7-8-25-17(11-14)19-27-16-6-4-5-15(16)20(28-19)30(3)12-18(31)26-13-21(22,23)24/h7-8,11H,4-6,9-10,12-13H2,1-3H3,(H,26,31). The maximum atomic E-state index is 12.4. The van der Waals surface area contributed by atoms with Gasteiger partial charge >= 0.3 is 6.18 Å². The van der Waals surface area contributed by atoms with E-state index in [1.807, 2.05) is 24.3 Å². The summed E-state index contributed by atoms with van der Waals surface area (Å²) < 4.78 is 42.9. The van der Waals surface area contributed by atoms with E-state index in [2.05, 4.69) is 15.0 Å². The van der Waals surface area contributed by atoms with Crippen LogP contribution in [0.1, 0.15) is 17.7 Å². The summed E-state index contributed by atoms with van der Waals surface area (Å²) in [6, 6.07) is 3.51. The molecule has 0 atom stereocenters. The van der Waals surface area contributed by atoms with Gasteiger partial charge in [-0.2, -0.15) is 13.2 Å². The summed E-state index contributed by atoms with van der Waals surface area (Å²) >= 11 is 0. The first-order valence-electron chi connectivity index (χ1n) is 10.3. The summed E-state index contributed by atoms with van der Waals surface area (Å²) in [6.45, 7) is -0.335. The first-order chi connectivity index (χ1) is 15.1. The lowest BCUT2D eigenvalue weighted by atomic mass is 10.2. The predicted octanol–water partition coefficient (Wildman–Crippen LogP) is 2.08. The smallest absolute Gasteiger partial charge is 0.405 e. The predicted molar refractivity (Wildman–Crippen MR) is 114 cm³/mol. The molecule has 174 valence electrons. The van der Waals surface area contributed by atoms with Crippen molar-refractivity contribution in [2.24, 2.45) is 0 Å². The number of fused-ring (bicyclic) bond motifs is 1. The number of hydrogen-bond donors (Lipinski definition) is 1. The Kier molecular flexibility index (Phi) is 7.49. The maximum absolute atomic E-state index is 12.4. The number of aromatic nitrogens is 3. The number of rotatable bonds is 9. The number of nitrogens with one attached hydrogen (secondary N) is 1. The van der Waals surface area contributed by atoms with Gasteiger partial charge in [-0.3, -0.25) is 9.78 Å². The Morgan fingerprint density at radius 2 is 2.00 bits per heavy atom. The minimum atomic E-state index is -4.46. The van der Waals surface area contributed by atoms with Crippen LogP contribution in [0.3, 0.4) is 0 Å². The van der Waals surface area contributed by atoms with E-state index >= 15 is 0 Å². The summed E-state index contributed by atoms with van der Waals surface area (Å²) in [5.41, 5.74) is 2.31. The molecule has 2 heterocycles. The van der Waals surface area contributed by atoms with Crippen molar-refractivity contribution in [1.29, 1.82) is 0 Å². The van der Waals surface area contributed by atoms with Gasteiger partial charge in [0.15, 0.2) is 5.82 Å². The number of aryl methyl sites for hydroxylation is 1. The molecule has 3 rings (SSSR count). The number of nitrogens with zero attached hydrogens (tertiary/aromatic N) is 5. The third kappa shape index (κ3) is 6.52. The highest BCUT2D eigenvalue weighted by Crippen LogP contribution is 2.31. The lowest BCUT2D eigenvalue weighted by Gasteiger charge is -2.21. The Labute approximate surface area is 184 Å². The molecule has 1 N–H and O–H groups in total. The molecule has 0 aliphatic heterocycles. The van der Waals surface area contributed by atoms with Gasteiger partial charge in [-0.05, 0) is 39.4 Å². The van der Waals surface area contributed by atoms with Crippen LogP contribution in [0.2, 0.25) is 0 Å². The van der Waals surface area contributed by atoms with E-state index in [0.29, 0.717) is 29.7 Å². The maximum Gasteiger partial charge on any atom is 0.405 e. The number of pyridine rings is 1. The Bertz CT molecular complexity index is 952. The molecule has 0 saturated carbocycles. The van der Waals surface area contributed by atoms with Gasteiger partial charge in [0.2, 0.25) is 5.91 Å². The molecule has 0 bridgehead atoms. The largest absolute Gasteiger partial charge is 0.492 e. The first-order valence-corrected chi connectivity index (χ1v) is 10.3. The van der Waals surface area contributed by atoms with Crippen molar-refractivity contribution in [3.8, 4) is 17.3 Å².